The maximum absolute atomic E-state index is 11.5. The Hall–Kier alpha value is -2.21. The number of aliphatic hydroxyl groups is 2. The van der Waals surface area contributed by atoms with E-state index in [-0.39, 0.29) is 11.9 Å². The Balaban J connectivity index is 1.38. The lowest BCUT2D eigenvalue weighted by Crippen LogP contribution is -2.49. The predicted molar refractivity (Wildman–Crippen MR) is 109 cm³/mol. The zero-order valence-corrected chi connectivity index (χ0v) is 16.3. The van der Waals surface area contributed by atoms with E-state index in [0.29, 0.717) is 25.7 Å². The second kappa shape index (κ2) is 7.66. The summed E-state index contributed by atoms with van der Waals surface area (Å²) in [6.07, 6.45) is 1.81. The molecule has 3 N–H and O–H groups in total. The second-order valence-electron chi connectivity index (χ2n) is 8.25. The summed E-state index contributed by atoms with van der Waals surface area (Å²) in [4.78, 5) is 13.8. The van der Waals surface area contributed by atoms with Crippen LogP contribution in [0, 0.1) is 0 Å². The van der Waals surface area contributed by atoms with Crippen molar-refractivity contribution in [2.24, 2.45) is 0 Å². The highest BCUT2D eigenvalue weighted by molar-refractivity contribution is 5.99. The molecule has 1 fully saturated rings. The number of nitrogens with zero attached hydrogens (tertiary/aromatic N) is 1. The molecule has 2 atom stereocenters. The van der Waals surface area contributed by atoms with Crippen LogP contribution in [0.25, 0.3) is 0 Å². The number of carbonyl (C=O) groups excluding carboxylic acids is 1. The number of likely N-dealkylation sites (tertiary alicyclic amines) is 1. The molecule has 0 bridgehead atoms. The minimum absolute atomic E-state index is 0.00317. The predicted octanol–water partition coefficient (Wildman–Crippen LogP) is 2.67. The van der Waals surface area contributed by atoms with Gasteiger partial charge >= 0.3 is 0 Å². The van der Waals surface area contributed by atoms with E-state index in [1.54, 1.807) is 0 Å². The molecule has 2 aliphatic rings. The number of nitrogens with one attached hydrogen (secondary N) is 1. The van der Waals surface area contributed by atoms with Crippen molar-refractivity contribution >= 4 is 11.6 Å². The third-order valence-electron chi connectivity index (χ3n) is 6.23. The minimum Gasteiger partial charge on any atom is -0.389 e. The second-order valence-corrected chi connectivity index (χ2v) is 8.25. The highest BCUT2D eigenvalue weighted by atomic mass is 16.3. The number of hydrogen-bond donors (Lipinski definition) is 3. The summed E-state index contributed by atoms with van der Waals surface area (Å²) < 4.78 is 0. The van der Waals surface area contributed by atoms with Gasteiger partial charge in [0.05, 0.1) is 18.1 Å². The number of benzene rings is 2. The Morgan fingerprint density at radius 2 is 1.86 bits per heavy atom. The molecule has 28 heavy (non-hydrogen) atoms. The Labute approximate surface area is 166 Å². The van der Waals surface area contributed by atoms with Gasteiger partial charge in [0.15, 0.2) is 0 Å². The Morgan fingerprint density at radius 3 is 2.57 bits per heavy atom. The first-order chi connectivity index (χ1) is 13.4. The third-order valence-corrected chi connectivity index (χ3v) is 6.23. The van der Waals surface area contributed by atoms with E-state index >= 15 is 0 Å². The van der Waals surface area contributed by atoms with Crippen LogP contribution in [-0.4, -0.2) is 45.8 Å². The van der Waals surface area contributed by atoms with Crippen molar-refractivity contribution < 1.29 is 15.0 Å². The monoisotopic (exact) mass is 380 g/mol. The lowest BCUT2D eigenvalue weighted by Gasteiger charge is -2.42. The molecule has 5 nitrogen and oxygen atoms in total. The maximum Gasteiger partial charge on any atom is 0.228 e. The summed E-state index contributed by atoms with van der Waals surface area (Å²) >= 11 is 0. The molecule has 2 aliphatic heterocycles. The van der Waals surface area contributed by atoms with Crippen LogP contribution in [-0.2, 0) is 17.6 Å². The lowest BCUT2D eigenvalue weighted by atomic mass is 9.84. The van der Waals surface area contributed by atoms with Gasteiger partial charge in [-0.25, -0.2) is 0 Å². The summed E-state index contributed by atoms with van der Waals surface area (Å²) in [5.74, 6) is 0.00317. The number of rotatable bonds is 5. The highest BCUT2D eigenvalue weighted by Crippen LogP contribution is 2.32. The number of carbonyl (C=O) groups is 1. The van der Waals surface area contributed by atoms with E-state index in [0.717, 1.165) is 35.5 Å². The molecule has 1 amide bonds. The number of fused-ring (bicyclic) bond motifs is 1. The van der Waals surface area contributed by atoms with Crippen molar-refractivity contribution in [3.63, 3.8) is 0 Å². The van der Waals surface area contributed by atoms with Crippen molar-refractivity contribution in [2.45, 2.75) is 50.4 Å². The van der Waals surface area contributed by atoms with Crippen LogP contribution in [0.3, 0.4) is 0 Å². The fraction of sp³-hybridized carbons (Fsp3) is 0.435. The number of piperidine rings is 1. The maximum atomic E-state index is 11.5. The van der Waals surface area contributed by atoms with Crippen LogP contribution in [0.5, 0.6) is 0 Å². The van der Waals surface area contributed by atoms with Crippen LogP contribution in [0.1, 0.15) is 42.6 Å². The summed E-state index contributed by atoms with van der Waals surface area (Å²) in [6, 6.07) is 15.8. The Morgan fingerprint density at radius 1 is 1.14 bits per heavy atom. The smallest absolute Gasteiger partial charge is 0.228 e. The summed E-state index contributed by atoms with van der Waals surface area (Å²) in [6.45, 7) is 3.54. The van der Waals surface area contributed by atoms with Crippen LogP contribution >= 0.6 is 0 Å². The fourth-order valence-corrected chi connectivity index (χ4v) is 4.41. The Kier molecular flexibility index (Phi) is 5.23. The van der Waals surface area contributed by atoms with Gasteiger partial charge in [0, 0.05) is 31.2 Å². The van der Waals surface area contributed by atoms with Gasteiger partial charge in [-0.05, 0) is 42.5 Å². The van der Waals surface area contributed by atoms with Crippen molar-refractivity contribution in [3.8, 4) is 0 Å². The number of amides is 1. The van der Waals surface area contributed by atoms with Crippen molar-refractivity contribution in [2.75, 3.05) is 18.4 Å². The first-order valence-corrected chi connectivity index (χ1v) is 10.0. The van der Waals surface area contributed by atoms with Crippen molar-refractivity contribution in [1.29, 1.82) is 0 Å². The van der Waals surface area contributed by atoms with Crippen LogP contribution in [0.2, 0.25) is 0 Å². The van der Waals surface area contributed by atoms with Crippen LogP contribution in [0.15, 0.2) is 48.5 Å². The molecule has 2 aromatic rings. The van der Waals surface area contributed by atoms with E-state index in [4.69, 9.17) is 0 Å². The largest absolute Gasteiger partial charge is 0.389 e. The van der Waals surface area contributed by atoms with Gasteiger partial charge in [0.25, 0.3) is 0 Å². The number of aliphatic hydroxyl groups excluding tert-OH is 1. The molecule has 2 aromatic carbocycles. The van der Waals surface area contributed by atoms with Gasteiger partial charge in [0.2, 0.25) is 5.91 Å². The van der Waals surface area contributed by atoms with Crippen LogP contribution < -0.4 is 5.32 Å². The average Bonchev–Trinajstić information content (AvgIpc) is 3.07. The number of anilines is 1. The zero-order chi connectivity index (χ0) is 19.7. The molecule has 148 valence electrons. The molecule has 0 unspecified atom stereocenters. The lowest BCUT2D eigenvalue weighted by molar-refractivity contribution is -0.115. The van der Waals surface area contributed by atoms with E-state index in [1.165, 1.54) is 0 Å². The fourth-order valence-electron chi connectivity index (χ4n) is 4.41. The molecule has 0 spiro atoms. The molecule has 2 heterocycles. The topological polar surface area (TPSA) is 72.8 Å². The van der Waals surface area contributed by atoms with Gasteiger partial charge in [-0.3, -0.25) is 9.69 Å². The van der Waals surface area contributed by atoms with Gasteiger partial charge in [-0.1, -0.05) is 42.5 Å². The molecule has 0 saturated carbocycles. The molecule has 0 radical (unpaired) electrons. The number of hydrogen-bond acceptors (Lipinski definition) is 4. The molecule has 1 saturated heterocycles. The first kappa shape index (κ1) is 19.1. The van der Waals surface area contributed by atoms with Gasteiger partial charge < -0.3 is 15.5 Å². The average molecular weight is 380 g/mol. The van der Waals surface area contributed by atoms with E-state index in [1.807, 2.05) is 43.3 Å². The van der Waals surface area contributed by atoms with Crippen molar-refractivity contribution in [1.82, 2.24) is 4.90 Å². The van der Waals surface area contributed by atoms with Gasteiger partial charge in [0.1, 0.15) is 0 Å². The third kappa shape index (κ3) is 3.97. The van der Waals surface area contributed by atoms with Crippen molar-refractivity contribution in [3.05, 3.63) is 65.2 Å². The molecular weight excluding hydrogens is 352 g/mol. The molecule has 0 aromatic heterocycles. The molecule has 0 aliphatic carbocycles. The van der Waals surface area contributed by atoms with E-state index in [2.05, 4.69) is 22.3 Å². The van der Waals surface area contributed by atoms with Gasteiger partial charge in [-0.2, -0.15) is 0 Å². The normalized spacial score (nSPS) is 21.0. The standard InChI is InChI=1S/C23H28N2O3/c1-16(22(27)18-7-8-20-19(13-18)14-21(26)24-20)25-11-9-23(28,10-12-25)15-17-5-3-2-4-6-17/h2-8,13,16,22,27-28H,9-12,14-15H2,1H3,(H,24,26)/t16-,22+/m0/s1. The zero-order valence-electron chi connectivity index (χ0n) is 16.3. The SMILES string of the molecule is C[C@@H]([C@@H](O)c1ccc2c(c1)CC(=O)N2)N1CCC(O)(Cc2ccccc2)CC1. The Bertz CT molecular complexity index is 844. The summed E-state index contributed by atoms with van der Waals surface area (Å²) in [5.41, 5.74) is 3.12. The van der Waals surface area contributed by atoms with Gasteiger partial charge in [-0.15, -0.1) is 0 Å². The van der Waals surface area contributed by atoms with Crippen LogP contribution in [0.4, 0.5) is 5.69 Å². The molecule has 4 rings (SSSR count). The van der Waals surface area contributed by atoms with E-state index in [9.17, 15) is 15.0 Å². The van der Waals surface area contributed by atoms with E-state index < -0.39 is 11.7 Å². The first-order valence-electron chi connectivity index (χ1n) is 10.0. The highest BCUT2D eigenvalue weighted by Gasteiger charge is 2.35. The molecule has 5 heteroatoms. The molecular formula is C23H28N2O3. The minimum atomic E-state index is -0.678. The summed E-state index contributed by atoms with van der Waals surface area (Å²) in [7, 11) is 0. The quantitative estimate of drug-likeness (QED) is 0.746. The summed E-state index contributed by atoms with van der Waals surface area (Å²) in [5, 5.41) is 24.7.